The van der Waals surface area contributed by atoms with E-state index in [1.54, 1.807) is 0 Å². The summed E-state index contributed by atoms with van der Waals surface area (Å²) in [5, 5.41) is 6.81. The van der Waals surface area contributed by atoms with Crippen LogP contribution in [0.4, 0.5) is 0 Å². The van der Waals surface area contributed by atoms with Crippen molar-refractivity contribution in [1.29, 1.82) is 0 Å². The smallest absolute Gasteiger partial charge is 0.0120 e. The Kier molecular flexibility index (Phi) is 6.15. The van der Waals surface area contributed by atoms with Crippen molar-refractivity contribution in [2.75, 3.05) is 39.3 Å². The lowest BCUT2D eigenvalue weighted by Crippen LogP contribution is -2.45. The average Bonchev–Trinajstić information content (AvgIpc) is 2.26. The fourth-order valence-corrected chi connectivity index (χ4v) is 2.17. The zero-order chi connectivity index (χ0) is 10.2. The van der Waals surface area contributed by atoms with Crippen LogP contribution in [0.15, 0.2) is 0 Å². The first kappa shape index (κ1) is 12.0. The van der Waals surface area contributed by atoms with Gasteiger partial charge in [0.15, 0.2) is 0 Å². The molecule has 0 radical (unpaired) electrons. The second kappa shape index (κ2) is 7.21. The predicted molar refractivity (Wildman–Crippen MR) is 61.7 cm³/mol. The van der Waals surface area contributed by atoms with Crippen molar-refractivity contribution in [3.63, 3.8) is 0 Å². The van der Waals surface area contributed by atoms with E-state index in [2.05, 4.69) is 29.4 Å². The number of hydrogen-bond donors (Lipinski definition) is 2. The highest BCUT2D eigenvalue weighted by Crippen LogP contribution is 2.10. The van der Waals surface area contributed by atoms with Crippen LogP contribution in [0.2, 0.25) is 0 Å². The van der Waals surface area contributed by atoms with Gasteiger partial charge in [-0.2, -0.15) is 0 Å². The van der Waals surface area contributed by atoms with E-state index in [1.807, 2.05) is 0 Å². The molecule has 0 atom stereocenters. The monoisotopic (exact) mass is 199 g/mol. The topological polar surface area (TPSA) is 27.3 Å². The third kappa shape index (κ3) is 3.95. The van der Waals surface area contributed by atoms with Crippen molar-refractivity contribution in [1.82, 2.24) is 15.5 Å². The fourth-order valence-electron chi connectivity index (χ4n) is 2.17. The molecule has 0 aromatic carbocycles. The maximum absolute atomic E-state index is 3.42. The molecule has 0 aromatic rings. The molecule has 1 aliphatic rings. The van der Waals surface area contributed by atoms with Gasteiger partial charge in [0.05, 0.1) is 0 Å². The van der Waals surface area contributed by atoms with Gasteiger partial charge in [-0.3, -0.25) is 4.90 Å². The molecule has 1 aliphatic heterocycles. The third-order valence-corrected chi connectivity index (χ3v) is 3.06. The molecule has 0 amide bonds. The fraction of sp³-hybridized carbons (Fsp3) is 1.00. The second-order valence-corrected chi connectivity index (χ2v) is 3.96. The lowest BCUT2D eigenvalue weighted by atomic mass is 10.0. The number of hydrogen-bond acceptors (Lipinski definition) is 3. The van der Waals surface area contributed by atoms with E-state index in [9.17, 15) is 0 Å². The van der Waals surface area contributed by atoms with E-state index in [1.165, 1.54) is 39.0 Å². The number of piperidine rings is 1. The van der Waals surface area contributed by atoms with Crippen LogP contribution in [0, 0.1) is 0 Å². The van der Waals surface area contributed by atoms with Crippen LogP contribution in [0.3, 0.4) is 0 Å². The number of nitrogens with zero attached hydrogens (tertiary/aromatic N) is 1. The van der Waals surface area contributed by atoms with Crippen molar-refractivity contribution in [2.24, 2.45) is 0 Å². The highest BCUT2D eigenvalue weighted by molar-refractivity contribution is 4.77. The maximum atomic E-state index is 3.42. The van der Waals surface area contributed by atoms with Gasteiger partial charge < -0.3 is 10.6 Å². The summed E-state index contributed by atoms with van der Waals surface area (Å²) in [6, 6.07) is 0.819. The highest BCUT2D eigenvalue weighted by Gasteiger charge is 2.18. The molecule has 0 spiro atoms. The van der Waals surface area contributed by atoms with E-state index in [-0.39, 0.29) is 0 Å². The van der Waals surface area contributed by atoms with Gasteiger partial charge in [-0.05, 0) is 39.0 Å². The van der Waals surface area contributed by atoms with E-state index in [0.717, 1.165) is 19.1 Å². The molecule has 1 rings (SSSR count). The molecular weight excluding hydrogens is 174 g/mol. The average molecular weight is 199 g/mol. The quantitative estimate of drug-likeness (QED) is 0.616. The normalized spacial score (nSPS) is 19.1. The Balaban J connectivity index is 2.21. The molecule has 14 heavy (non-hydrogen) atoms. The summed E-state index contributed by atoms with van der Waals surface area (Å²) >= 11 is 0. The Morgan fingerprint density at radius 2 is 2.00 bits per heavy atom. The molecule has 0 unspecified atom stereocenters. The molecule has 3 heteroatoms. The van der Waals surface area contributed by atoms with Crippen LogP contribution in [0.1, 0.15) is 26.7 Å². The summed E-state index contributed by atoms with van der Waals surface area (Å²) < 4.78 is 0. The minimum Gasteiger partial charge on any atom is -0.317 e. The molecule has 2 N–H and O–H groups in total. The molecule has 1 fully saturated rings. The van der Waals surface area contributed by atoms with Crippen molar-refractivity contribution in [3.05, 3.63) is 0 Å². The van der Waals surface area contributed by atoms with Gasteiger partial charge in [0.25, 0.3) is 0 Å². The molecular formula is C11H25N3. The molecule has 0 aliphatic carbocycles. The molecule has 1 saturated heterocycles. The molecule has 0 bridgehead atoms. The zero-order valence-electron chi connectivity index (χ0n) is 9.68. The predicted octanol–water partition coefficient (Wildman–Crippen LogP) is 0.670. The third-order valence-electron chi connectivity index (χ3n) is 3.06. The highest BCUT2D eigenvalue weighted by atomic mass is 15.2. The zero-order valence-corrected chi connectivity index (χ0v) is 9.68. The minimum absolute atomic E-state index is 0.819. The Morgan fingerprint density at radius 3 is 2.57 bits per heavy atom. The summed E-state index contributed by atoms with van der Waals surface area (Å²) in [5.41, 5.74) is 0. The summed E-state index contributed by atoms with van der Waals surface area (Å²) in [4.78, 5) is 2.61. The van der Waals surface area contributed by atoms with Gasteiger partial charge in [0.1, 0.15) is 0 Å². The first-order valence-corrected chi connectivity index (χ1v) is 6.04. The van der Waals surface area contributed by atoms with Crippen LogP contribution in [0.5, 0.6) is 0 Å². The number of likely N-dealkylation sites (N-methyl/N-ethyl adjacent to an activating group) is 2. The number of nitrogens with one attached hydrogen (secondary N) is 2. The van der Waals surface area contributed by atoms with E-state index in [4.69, 9.17) is 0 Å². The van der Waals surface area contributed by atoms with Crippen molar-refractivity contribution >= 4 is 0 Å². The van der Waals surface area contributed by atoms with Crippen LogP contribution in [-0.4, -0.2) is 50.2 Å². The molecule has 3 nitrogen and oxygen atoms in total. The van der Waals surface area contributed by atoms with Gasteiger partial charge in [0, 0.05) is 19.1 Å². The molecule has 0 aromatic heterocycles. The van der Waals surface area contributed by atoms with E-state index in [0.29, 0.717) is 0 Å². The van der Waals surface area contributed by atoms with Crippen LogP contribution >= 0.6 is 0 Å². The lowest BCUT2D eigenvalue weighted by Gasteiger charge is -2.33. The summed E-state index contributed by atoms with van der Waals surface area (Å²) in [7, 11) is 0. The van der Waals surface area contributed by atoms with Gasteiger partial charge in [-0.1, -0.05) is 13.8 Å². The Morgan fingerprint density at radius 1 is 1.29 bits per heavy atom. The van der Waals surface area contributed by atoms with Crippen molar-refractivity contribution in [2.45, 2.75) is 32.7 Å². The van der Waals surface area contributed by atoms with Gasteiger partial charge in [-0.25, -0.2) is 0 Å². The second-order valence-electron chi connectivity index (χ2n) is 3.96. The van der Waals surface area contributed by atoms with Gasteiger partial charge in [0.2, 0.25) is 0 Å². The maximum Gasteiger partial charge on any atom is 0.0120 e. The summed E-state index contributed by atoms with van der Waals surface area (Å²) in [6.07, 6.45) is 2.64. The SMILES string of the molecule is CCNCCN(CC)C1CCNCC1. The van der Waals surface area contributed by atoms with E-state index >= 15 is 0 Å². The van der Waals surface area contributed by atoms with Crippen LogP contribution in [-0.2, 0) is 0 Å². The largest absolute Gasteiger partial charge is 0.317 e. The Hall–Kier alpha value is -0.120. The molecule has 1 heterocycles. The molecule has 0 saturated carbocycles. The molecule has 84 valence electrons. The van der Waals surface area contributed by atoms with Crippen LogP contribution in [0.25, 0.3) is 0 Å². The summed E-state index contributed by atoms with van der Waals surface area (Å²) in [5.74, 6) is 0. The Labute approximate surface area is 88.2 Å². The first-order chi connectivity index (χ1) is 6.88. The minimum atomic E-state index is 0.819. The van der Waals surface area contributed by atoms with Gasteiger partial charge >= 0.3 is 0 Å². The standard InChI is InChI=1S/C11H25N3/c1-3-12-9-10-14(4-2)11-5-7-13-8-6-11/h11-13H,3-10H2,1-2H3. The number of rotatable bonds is 6. The lowest BCUT2D eigenvalue weighted by molar-refractivity contribution is 0.171. The van der Waals surface area contributed by atoms with Crippen molar-refractivity contribution in [3.8, 4) is 0 Å². The van der Waals surface area contributed by atoms with Gasteiger partial charge in [-0.15, -0.1) is 0 Å². The van der Waals surface area contributed by atoms with E-state index < -0.39 is 0 Å². The van der Waals surface area contributed by atoms with Crippen molar-refractivity contribution < 1.29 is 0 Å². The first-order valence-electron chi connectivity index (χ1n) is 6.04. The summed E-state index contributed by atoms with van der Waals surface area (Å²) in [6.45, 7) is 11.4. The van der Waals surface area contributed by atoms with Crippen LogP contribution < -0.4 is 10.6 Å². The Bertz CT molecular complexity index is 132.